The summed E-state index contributed by atoms with van der Waals surface area (Å²) in [6, 6.07) is 5.96. The molecule has 1 atom stereocenters. The van der Waals surface area contributed by atoms with Crippen LogP contribution in [0.2, 0.25) is 0 Å². The Hall–Kier alpha value is -1.22. The lowest BCUT2D eigenvalue weighted by Crippen LogP contribution is -2.10. The Labute approximate surface area is 103 Å². The Morgan fingerprint density at radius 2 is 1.76 bits per heavy atom. The van der Waals surface area contributed by atoms with Gasteiger partial charge in [-0.2, -0.15) is 0 Å². The number of hydrogen-bond donors (Lipinski definition) is 1. The van der Waals surface area contributed by atoms with Crippen molar-refractivity contribution in [1.82, 2.24) is 0 Å². The molecule has 0 saturated heterocycles. The monoisotopic (exact) mass is 235 g/mol. The van der Waals surface area contributed by atoms with Crippen LogP contribution in [0, 0.1) is 5.92 Å². The van der Waals surface area contributed by atoms with E-state index in [2.05, 4.69) is 0 Å². The van der Waals surface area contributed by atoms with E-state index >= 15 is 0 Å². The molecule has 1 aliphatic carbocycles. The van der Waals surface area contributed by atoms with Crippen LogP contribution < -0.4 is 15.2 Å². The van der Waals surface area contributed by atoms with E-state index in [9.17, 15) is 0 Å². The molecule has 17 heavy (non-hydrogen) atoms. The Morgan fingerprint density at radius 1 is 1.18 bits per heavy atom. The SMILES string of the molecule is COc1cc(OC)cc(C(N)CCC2CC2)c1. The summed E-state index contributed by atoms with van der Waals surface area (Å²) in [4.78, 5) is 0. The van der Waals surface area contributed by atoms with Crippen molar-refractivity contribution in [3.05, 3.63) is 23.8 Å². The molecular weight excluding hydrogens is 214 g/mol. The summed E-state index contributed by atoms with van der Waals surface area (Å²) in [6.07, 6.45) is 5.05. The first-order valence-corrected chi connectivity index (χ1v) is 6.21. The fourth-order valence-electron chi connectivity index (χ4n) is 2.03. The summed E-state index contributed by atoms with van der Waals surface area (Å²) in [5.74, 6) is 2.54. The molecule has 0 amide bonds. The van der Waals surface area contributed by atoms with E-state index in [1.807, 2.05) is 18.2 Å². The van der Waals surface area contributed by atoms with Gasteiger partial charge in [0.2, 0.25) is 0 Å². The highest BCUT2D eigenvalue weighted by molar-refractivity contribution is 5.39. The summed E-state index contributed by atoms with van der Waals surface area (Å²) in [5.41, 5.74) is 7.31. The van der Waals surface area contributed by atoms with E-state index in [1.165, 1.54) is 19.3 Å². The lowest BCUT2D eigenvalue weighted by molar-refractivity contribution is 0.392. The molecule has 1 unspecified atom stereocenters. The summed E-state index contributed by atoms with van der Waals surface area (Å²) in [7, 11) is 3.32. The standard InChI is InChI=1S/C14H21NO2/c1-16-12-7-11(8-13(9-12)17-2)14(15)6-5-10-3-4-10/h7-10,14H,3-6,15H2,1-2H3. The third kappa shape index (κ3) is 3.37. The topological polar surface area (TPSA) is 44.5 Å². The second-order valence-corrected chi connectivity index (χ2v) is 4.77. The highest BCUT2D eigenvalue weighted by atomic mass is 16.5. The molecule has 3 heteroatoms. The minimum atomic E-state index is 0.0830. The Balaban J connectivity index is 2.05. The molecule has 0 bridgehead atoms. The van der Waals surface area contributed by atoms with E-state index in [4.69, 9.17) is 15.2 Å². The molecule has 0 spiro atoms. The number of ether oxygens (including phenoxy) is 2. The van der Waals surface area contributed by atoms with Crippen molar-refractivity contribution >= 4 is 0 Å². The minimum Gasteiger partial charge on any atom is -0.497 e. The van der Waals surface area contributed by atoms with Gasteiger partial charge in [-0.1, -0.05) is 12.8 Å². The van der Waals surface area contributed by atoms with Crippen molar-refractivity contribution in [2.75, 3.05) is 14.2 Å². The molecule has 2 N–H and O–H groups in total. The smallest absolute Gasteiger partial charge is 0.122 e. The van der Waals surface area contributed by atoms with Gasteiger partial charge < -0.3 is 15.2 Å². The summed E-state index contributed by atoms with van der Waals surface area (Å²) in [5, 5.41) is 0. The molecule has 0 aromatic heterocycles. The molecule has 3 nitrogen and oxygen atoms in total. The third-order valence-corrected chi connectivity index (χ3v) is 3.38. The summed E-state index contributed by atoms with van der Waals surface area (Å²) in [6.45, 7) is 0. The van der Waals surface area contributed by atoms with Crippen LogP contribution >= 0.6 is 0 Å². The molecule has 0 heterocycles. The predicted octanol–water partition coefficient (Wildman–Crippen LogP) is 2.89. The summed E-state index contributed by atoms with van der Waals surface area (Å²) < 4.78 is 10.5. The highest BCUT2D eigenvalue weighted by Crippen LogP contribution is 2.36. The van der Waals surface area contributed by atoms with E-state index in [0.29, 0.717) is 0 Å². The van der Waals surface area contributed by atoms with Crippen molar-refractivity contribution < 1.29 is 9.47 Å². The second-order valence-electron chi connectivity index (χ2n) is 4.77. The van der Waals surface area contributed by atoms with Gasteiger partial charge in [0.25, 0.3) is 0 Å². The van der Waals surface area contributed by atoms with Crippen LogP contribution in [0.3, 0.4) is 0 Å². The number of rotatable bonds is 6. The van der Waals surface area contributed by atoms with Crippen molar-refractivity contribution in [1.29, 1.82) is 0 Å². The average molecular weight is 235 g/mol. The van der Waals surface area contributed by atoms with Crippen LogP contribution in [0.1, 0.15) is 37.3 Å². The van der Waals surface area contributed by atoms with Gasteiger partial charge in [-0.3, -0.25) is 0 Å². The number of benzene rings is 1. The molecule has 1 saturated carbocycles. The Kier molecular flexibility index (Phi) is 3.89. The number of methoxy groups -OCH3 is 2. The zero-order valence-corrected chi connectivity index (χ0v) is 10.6. The fourth-order valence-corrected chi connectivity index (χ4v) is 2.03. The molecule has 1 fully saturated rings. The van der Waals surface area contributed by atoms with E-state index in [0.717, 1.165) is 29.4 Å². The normalized spacial score (nSPS) is 16.6. The quantitative estimate of drug-likeness (QED) is 0.824. The molecule has 1 aliphatic rings. The van der Waals surface area contributed by atoms with Crippen molar-refractivity contribution in [2.24, 2.45) is 11.7 Å². The van der Waals surface area contributed by atoms with Crippen LogP contribution in [0.5, 0.6) is 11.5 Å². The first kappa shape index (κ1) is 12.2. The first-order valence-electron chi connectivity index (χ1n) is 6.21. The molecule has 1 aromatic rings. The molecule has 0 radical (unpaired) electrons. The van der Waals surface area contributed by atoms with Gasteiger partial charge in [-0.05, 0) is 36.5 Å². The van der Waals surface area contributed by atoms with Crippen LogP contribution in [-0.2, 0) is 0 Å². The Morgan fingerprint density at radius 3 is 2.24 bits per heavy atom. The lowest BCUT2D eigenvalue weighted by Gasteiger charge is -2.14. The zero-order chi connectivity index (χ0) is 12.3. The van der Waals surface area contributed by atoms with Gasteiger partial charge in [0.15, 0.2) is 0 Å². The van der Waals surface area contributed by atoms with Gasteiger partial charge in [0, 0.05) is 12.1 Å². The van der Waals surface area contributed by atoms with Gasteiger partial charge in [-0.25, -0.2) is 0 Å². The number of hydrogen-bond acceptors (Lipinski definition) is 3. The largest absolute Gasteiger partial charge is 0.497 e. The maximum atomic E-state index is 6.21. The van der Waals surface area contributed by atoms with Crippen molar-refractivity contribution in [2.45, 2.75) is 31.7 Å². The molecule has 1 aromatic carbocycles. The predicted molar refractivity (Wildman–Crippen MR) is 68.4 cm³/mol. The zero-order valence-electron chi connectivity index (χ0n) is 10.6. The second kappa shape index (κ2) is 5.41. The van der Waals surface area contributed by atoms with Crippen LogP contribution in [-0.4, -0.2) is 14.2 Å². The average Bonchev–Trinajstić information content (AvgIpc) is 3.19. The number of nitrogens with two attached hydrogens (primary N) is 1. The molecule has 2 rings (SSSR count). The molecular formula is C14H21NO2. The molecule has 94 valence electrons. The van der Waals surface area contributed by atoms with E-state index in [1.54, 1.807) is 14.2 Å². The third-order valence-electron chi connectivity index (χ3n) is 3.38. The maximum absolute atomic E-state index is 6.21. The van der Waals surface area contributed by atoms with Crippen LogP contribution in [0.15, 0.2) is 18.2 Å². The fraction of sp³-hybridized carbons (Fsp3) is 0.571. The van der Waals surface area contributed by atoms with Crippen LogP contribution in [0.25, 0.3) is 0 Å². The van der Waals surface area contributed by atoms with Crippen molar-refractivity contribution in [3.63, 3.8) is 0 Å². The molecule has 0 aliphatic heterocycles. The van der Waals surface area contributed by atoms with Gasteiger partial charge >= 0.3 is 0 Å². The lowest BCUT2D eigenvalue weighted by atomic mass is 10.0. The van der Waals surface area contributed by atoms with E-state index < -0.39 is 0 Å². The minimum absolute atomic E-state index is 0.0830. The van der Waals surface area contributed by atoms with Gasteiger partial charge in [-0.15, -0.1) is 0 Å². The Bertz CT molecular complexity index is 352. The van der Waals surface area contributed by atoms with Crippen LogP contribution in [0.4, 0.5) is 0 Å². The van der Waals surface area contributed by atoms with Gasteiger partial charge in [0.05, 0.1) is 14.2 Å². The maximum Gasteiger partial charge on any atom is 0.122 e. The van der Waals surface area contributed by atoms with E-state index in [-0.39, 0.29) is 6.04 Å². The van der Waals surface area contributed by atoms with Gasteiger partial charge in [0.1, 0.15) is 11.5 Å². The first-order chi connectivity index (χ1) is 8.22. The summed E-state index contributed by atoms with van der Waals surface area (Å²) >= 11 is 0. The highest BCUT2D eigenvalue weighted by Gasteiger charge is 2.22. The van der Waals surface area contributed by atoms with Crippen molar-refractivity contribution in [3.8, 4) is 11.5 Å².